The molecule has 0 saturated carbocycles. The van der Waals surface area contributed by atoms with Crippen molar-refractivity contribution in [3.8, 4) is 0 Å². The van der Waals surface area contributed by atoms with Gasteiger partial charge in [-0.25, -0.2) is 0 Å². The summed E-state index contributed by atoms with van der Waals surface area (Å²) in [5.41, 5.74) is 1.04. The Hall–Kier alpha value is -1.36. The van der Waals surface area contributed by atoms with Crippen molar-refractivity contribution in [2.45, 2.75) is 32.7 Å². The Balaban J connectivity index is 2.00. The van der Waals surface area contributed by atoms with Crippen molar-refractivity contribution in [1.82, 2.24) is 15.1 Å². The van der Waals surface area contributed by atoms with E-state index in [0.717, 1.165) is 25.1 Å². The van der Waals surface area contributed by atoms with Crippen molar-refractivity contribution >= 4 is 11.7 Å². The van der Waals surface area contributed by atoms with Gasteiger partial charge in [-0.05, 0) is 33.2 Å². The van der Waals surface area contributed by atoms with Gasteiger partial charge in [0, 0.05) is 24.8 Å². The van der Waals surface area contributed by atoms with Crippen LogP contribution in [-0.2, 0) is 11.8 Å². The number of rotatable bonds is 2. The number of carbonyl (C=O) groups excluding carboxylic acids is 1. The summed E-state index contributed by atoms with van der Waals surface area (Å²) in [6.07, 6.45) is 2.01. The fourth-order valence-electron chi connectivity index (χ4n) is 2.24. The Labute approximate surface area is 102 Å². The molecule has 2 rings (SSSR count). The Bertz CT molecular complexity index is 393. The standard InChI is InChI=1S/C12H20N4O/c1-8-7-11(15-16(8)3)14-12(17)10-5-4-6-13-9(10)2/h7,9-10,13H,4-6H2,1-3H3,(H,14,15,17). The number of anilines is 1. The summed E-state index contributed by atoms with van der Waals surface area (Å²) >= 11 is 0. The molecule has 0 aromatic carbocycles. The maximum atomic E-state index is 12.1. The third-order valence-electron chi connectivity index (χ3n) is 3.46. The Kier molecular flexibility index (Phi) is 3.47. The first-order chi connectivity index (χ1) is 8.08. The summed E-state index contributed by atoms with van der Waals surface area (Å²) in [6, 6.07) is 2.13. The highest BCUT2D eigenvalue weighted by Gasteiger charge is 2.27. The summed E-state index contributed by atoms with van der Waals surface area (Å²) in [4.78, 5) is 12.1. The normalized spacial score (nSPS) is 24.6. The molecular formula is C12H20N4O. The number of hydrogen-bond donors (Lipinski definition) is 2. The van der Waals surface area contributed by atoms with Crippen LogP contribution in [0.5, 0.6) is 0 Å². The van der Waals surface area contributed by atoms with Crippen LogP contribution in [0, 0.1) is 12.8 Å². The lowest BCUT2D eigenvalue weighted by molar-refractivity contribution is -0.121. The largest absolute Gasteiger partial charge is 0.313 e. The van der Waals surface area contributed by atoms with Crippen LogP contribution in [-0.4, -0.2) is 28.3 Å². The third kappa shape index (κ3) is 2.66. The summed E-state index contributed by atoms with van der Waals surface area (Å²) in [5, 5.41) is 10.5. The Morgan fingerprint density at radius 2 is 2.41 bits per heavy atom. The van der Waals surface area contributed by atoms with Crippen molar-refractivity contribution in [1.29, 1.82) is 0 Å². The number of carbonyl (C=O) groups is 1. The summed E-state index contributed by atoms with van der Waals surface area (Å²) in [7, 11) is 1.87. The van der Waals surface area contributed by atoms with Gasteiger partial charge in [-0.1, -0.05) is 0 Å². The van der Waals surface area contributed by atoms with Gasteiger partial charge in [0.05, 0.1) is 5.92 Å². The topological polar surface area (TPSA) is 59.0 Å². The monoisotopic (exact) mass is 236 g/mol. The summed E-state index contributed by atoms with van der Waals surface area (Å²) < 4.78 is 1.76. The van der Waals surface area contributed by atoms with E-state index in [1.165, 1.54) is 0 Å². The Morgan fingerprint density at radius 3 is 3.00 bits per heavy atom. The van der Waals surface area contributed by atoms with Gasteiger partial charge in [0.15, 0.2) is 5.82 Å². The molecule has 0 spiro atoms. The maximum absolute atomic E-state index is 12.1. The molecule has 1 aromatic heterocycles. The zero-order chi connectivity index (χ0) is 12.4. The number of aromatic nitrogens is 2. The van der Waals surface area contributed by atoms with Gasteiger partial charge in [-0.15, -0.1) is 0 Å². The van der Waals surface area contributed by atoms with Crippen LogP contribution in [0.3, 0.4) is 0 Å². The fraction of sp³-hybridized carbons (Fsp3) is 0.667. The zero-order valence-electron chi connectivity index (χ0n) is 10.7. The SMILES string of the molecule is Cc1cc(NC(=O)C2CCCNC2C)nn1C. The van der Waals surface area contributed by atoms with E-state index in [9.17, 15) is 4.79 Å². The predicted octanol–water partition coefficient (Wildman–Crippen LogP) is 1.06. The zero-order valence-corrected chi connectivity index (χ0v) is 10.7. The quantitative estimate of drug-likeness (QED) is 0.807. The lowest BCUT2D eigenvalue weighted by atomic mass is 9.91. The Morgan fingerprint density at radius 1 is 1.65 bits per heavy atom. The summed E-state index contributed by atoms with van der Waals surface area (Å²) in [6.45, 7) is 5.04. The molecule has 2 unspecified atom stereocenters. The van der Waals surface area contributed by atoms with Crippen LogP contribution in [0.4, 0.5) is 5.82 Å². The minimum atomic E-state index is 0.0473. The van der Waals surface area contributed by atoms with Gasteiger partial charge in [0.1, 0.15) is 0 Å². The molecule has 94 valence electrons. The van der Waals surface area contributed by atoms with Gasteiger partial charge in [-0.2, -0.15) is 5.10 Å². The van der Waals surface area contributed by atoms with E-state index in [0.29, 0.717) is 5.82 Å². The molecule has 1 aromatic rings. The van der Waals surface area contributed by atoms with Crippen LogP contribution < -0.4 is 10.6 Å². The molecule has 5 nitrogen and oxygen atoms in total. The van der Waals surface area contributed by atoms with Crippen molar-refractivity contribution in [3.63, 3.8) is 0 Å². The predicted molar refractivity (Wildman–Crippen MR) is 66.8 cm³/mol. The molecule has 1 amide bonds. The number of piperidine rings is 1. The second-order valence-electron chi connectivity index (χ2n) is 4.78. The lowest BCUT2D eigenvalue weighted by Crippen LogP contribution is -2.44. The molecule has 0 bridgehead atoms. The maximum Gasteiger partial charge on any atom is 0.230 e. The molecule has 2 atom stereocenters. The van der Waals surface area contributed by atoms with E-state index in [-0.39, 0.29) is 17.9 Å². The molecule has 5 heteroatoms. The van der Waals surface area contributed by atoms with Crippen LogP contribution >= 0.6 is 0 Å². The minimum Gasteiger partial charge on any atom is -0.313 e. The van der Waals surface area contributed by atoms with Crippen LogP contribution in [0.2, 0.25) is 0 Å². The molecule has 0 aliphatic carbocycles. The lowest BCUT2D eigenvalue weighted by Gasteiger charge is -2.28. The molecule has 0 radical (unpaired) electrons. The molecule has 1 saturated heterocycles. The number of hydrogen-bond acceptors (Lipinski definition) is 3. The first kappa shape index (κ1) is 12.1. The van der Waals surface area contributed by atoms with E-state index in [4.69, 9.17) is 0 Å². The van der Waals surface area contributed by atoms with E-state index in [1.54, 1.807) is 4.68 Å². The van der Waals surface area contributed by atoms with Crippen LogP contribution in [0.25, 0.3) is 0 Å². The van der Waals surface area contributed by atoms with E-state index < -0.39 is 0 Å². The number of aryl methyl sites for hydroxylation is 2. The number of amides is 1. The number of nitrogens with one attached hydrogen (secondary N) is 2. The first-order valence-corrected chi connectivity index (χ1v) is 6.13. The highest BCUT2D eigenvalue weighted by atomic mass is 16.2. The first-order valence-electron chi connectivity index (χ1n) is 6.13. The molecule has 1 aliphatic heterocycles. The summed E-state index contributed by atoms with van der Waals surface area (Å²) in [5.74, 6) is 0.765. The molecule has 17 heavy (non-hydrogen) atoms. The van der Waals surface area contributed by atoms with Crippen molar-refractivity contribution in [2.24, 2.45) is 13.0 Å². The van der Waals surface area contributed by atoms with E-state index in [2.05, 4.69) is 22.7 Å². The molecule has 2 N–H and O–H groups in total. The molecule has 1 fully saturated rings. The highest BCUT2D eigenvalue weighted by Crippen LogP contribution is 2.18. The van der Waals surface area contributed by atoms with Gasteiger partial charge >= 0.3 is 0 Å². The highest BCUT2D eigenvalue weighted by molar-refractivity contribution is 5.92. The molecular weight excluding hydrogens is 216 g/mol. The van der Waals surface area contributed by atoms with Gasteiger partial charge < -0.3 is 10.6 Å². The third-order valence-corrected chi connectivity index (χ3v) is 3.46. The van der Waals surface area contributed by atoms with Crippen molar-refractivity contribution in [3.05, 3.63) is 11.8 Å². The van der Waals surface area contributed by atoms with Crippen LogP contribution in [0.15, 0.2) is 6.07 Å². The second-order valence-corrected chi connectivity index (χ2v) is 4.78. The second kappa shape index (κ2) is 4.87. The van der Waals surface area contributed by atoms with Gasteiger partial charge in [0.2, 0.25) is 5.91 Å². The fourth-order valence-corrected chi connectivity index (χ4v) is 2.24. The molecule has 2 heterocycles. The van der Waals surface area contributed by atoms with E-state index >= 15 is 0 Å². The van der Waals surface area contributed by atoms with Gasteiger partial charge in [0.25, 0.3) is 0 Å². The van der Waals surface area contributed by atoms with Crippen molar-refractivity contribution in [2.75, 3.05) is 11.9 Å². The average molecular weight is 236 g/mol. The average Bonchev–Trinajstić information content (AvgIpc) is 2.58. The molecule has 1 aliphatic rings. The van der Waals surface area contributed by atoms with Crippen LogP contribution in [0.1, 0.15) is 25.5 Å². The smallest absolute Gasteiger partial charge is 0.230 e. The van der Waals surface area contributed by atoms with E-state index in [1.807, 2.05) is 20.0 Å². The number of nitrogens with zero attached hydrogens (tertiary/aromatic N) is 2. The van der Waals surface area contributed by atoms with Gasteiger partial charge in [-0.3, -0.25) is 9.48 Å². The van der Waals surface area contributed by atoms with Crippen molar-refractivity contribution < 1.29 is 4.79 Å². The minimum absolute atomic E-state index is 0.0473.